The molecule has 49 heavy (non-hydrogen) atoms. The molecule has 3 aromatic carbocycles. The molecule has 1 aromatic heterocycles. The fourth-order valence-electron chi connectivity index (χ4n) is 6.16. The molecule has 258 valence electrons. The van der Waals surface area contributed by atoms with Crippen molar-refractivity contribution in [3.05, 3.63) is 96.4 Å². The number of anilines is 1. The van der Waals surface area contributed by atoms with Gasteiger partial charge in [-0.2, -0.15) is 0 Å². The SMILES string of the molecule is CC(O)c1ccc(OC[C@@H]2CN(C(=O)OC(C)(C)C)CCN2C(=O)c2ncn(-c3cccc(N4CCOCC4)c3)c2-c2ccccc2)cc1. The lowest BCUT2D eigenvalue weighted by Gasteiger charge is -2.41. The molecule has 2 aliphatic rings. The Hall–Kier alpha value is -4.87. The van der Waals surface area contributed by atoms with Gasteiger partial charge in [0.1, 0.15) is 24.3 Å². The van der Waals surface area contributed by atoms with Crippen LogP contribution in [0.1, 0.15) is 49.9 Å². The van der Waals surface area contributed by atoms with E-state index in [2.05, 4.69) is 17.0 Å². The third kappa shape index (κ3) is 8.06. The van der Waals surface area contributed by atoms with Gasteiger partial charge in [-0.1, -0.05) is 48.5 Å². The Balaban J connectivity index is 1.32. The van der Waals surface area contributed by atoms with Crippen molar-refractivity contribution in [2.75, 3.05) is 57.4 Å². The third-order valence-electron chi connectivity index (χ3n) is 8.70. The Bertz CT molecular complexity index is 1730. The molecule has 4 aromatic rings. The summed E-state index contributed by atoms with van der Waals surface area (Å²) in [5.41, 5.74) is 3.96. The summed E-state index contributed by atoms with van der Waals surface area (Å²) < 4.78 is 19.4. The quantitative estimate of drug-likeness (QED) is 0.260. The average Bonchev–Trinajstić information content (AvgIpc) is 3.56. The van der Waals surface area contributed by atoms with E-state index < -0.39 is 23.8 Å². The van der Waals surface area contributed by atoms with Crippen molar-refractivity contribution >= 4 is 17.7 Å². The van der Waals surface area contributed by atoms with Gasteiger partial charge in [-0.25, -0.2) is 9.78 Å². The molecule has 0 aliphatic carbocycles. The second-order valence-corrected chi connectivity index (χ2v) is 13.4. The topological polar surface area (TPSA) is 110 Å². The van der Waals surface area contributed by atoms with E-state index in [4.69, 9.17) is 19.2 Å². The summed E-state index contributed by atoms with van der Waals surface area (Å²) in [5.74, 6) is 0.351. The molecule has 2 amide bonds. The molecule has 1 N–H and O–H groups in total. The Kier molecular flexibility index (Phi) is 10.2. The first-order valence-electron chi connectivity index (χ1n) is 16.8. The molecule has 0 radical (unpaired) electrons. The number of amides is 2. The summed E-state index contributed by atoms with van der Waals surface area (Å²) in [4.78, 5) is 38.2. The van der Waals surface area contributed by atoms with Crippen molar-refractivity contribution in [3.63, 3.8) is 0 Å². The van der Waals surface area contributed by atoms with Crippen molar-refractivity contribution < 1.29 is 28.9 Å². The number of piperazine rings is 1. The van der Waals surface area contributed by atoms with E-state index in [-0.39, 0.29) is 25.6 Å². The van der Waals surface area contributed by atoms with Crippen LogP contribution in [0.5, 0.6) is 5.75 Å². The van der Waals surface area contributed by atoms with Crippen LogP contribution in [0.4, 0.5) is 10.5 Å². The first-order chi connectivity index (χ1) is 23.6. The monoisotopic (exact) mass is 667 g/mol. The summed E-state index contributed by atoms with van der Waals surface area (Å²) in [6.07, 6.45) is 0.684. The van der Waals surface area contributed by atoms with Crippen molar-refractivity contribution in [3.8, 4) is 22.7 Å². The lowest BCUT2D eigenvalue weighted by molar-refractivity contribution is -0.00104. The van der Waals surface area contributed by atoms with Gasteiger partial charge in [-0.3, -0.25) is 9.36 Å². The summed E-state index contributed by atoms with van der Waals surface area (Å²) in [7, 11) is 0. The van der Waals surface area contributed by atoms with Gasteiger partial charge in [-0.05, 0) is 63.6 Å². The average molecular weight is 668 g/mol. The second-order valence-electron chi connectivity index (χ2n) is 13.4. The molecule has 3 heterocycles. The van der Waals surface area contributed by atoms with Gasteiger partial charge in [-0.15, -0.1) is 0 Å². The number of imidazole rings is 1. The van der Waals surface area contributed by atoms with Crippen LogP contribution in [0.3, 0.4) is 0 Å². The van der Waals surface area contributed by atoms with E-state index in [0.717, 1.165) is 35.6 Å². The van der Waals surface area contributed by atoms with Crippen molar-refractivity contribution in [2.45, 2.75) is 45.4 Å². The highest BCUT2D eigenvalue weighted by atomic mass is 16.6. The molecule has 6 rings (SSSR count). The van der Waals surface area contributed by atoms with Gasteiger partial charge in [0.05, 0.1) is 31.1 Å². The zero-order valence-electron chi connectivity index (χ0n) is 28.6. The van der Waals surface area contributed by atoms with Gasteiger partial charge >= 0.3 is 6.09 Å². The van der Waals surface area contributed by atoms with E-state index in [1.807, 2.05) is 79.9 Å². The molecule has 0 saturated carbocycles. The van der Waals surface area contributed by atoms with Gasteiger partial charge in [0.15, 0.2) is 5.69 Å². The number of aromatic nitrogens is 2. The number of hydrogen-bond donors (Lipinski definition) is 1. The molecule has 11 nitrogen and oxygen atoms in total. The van der Waals surface area contributed by atoms with E-state index in [1.54, 1.807) is 35.2 Å². The van der Waals surface area contributed by atoms with Crippen molar-refractivity contribution in [1.82, 2.24) is 19.4 Å². The maximum atomic E-state index is 14.6. The lowest BCUT2D eigenvalue weighted by atomic mass is 10.1. The van der Waals surface area contributed by atoms with E-state index in [9.17, 15) is 14.7 Å². The molecule has 1 unspecified atom stereocenters. The molecule has 2 saturated heterocycles. The number of ether oxygens (including phenoxy) is 3. The fourth-order valence-corrected chi connectivity index (χ4v) is 6.16. The molecule has 0 bridgehead atoms. The summed E-state index contributed by atoms with van der Waals surface area (Å²) in [5, 5.41) is 9.92. The minimum atomic E-state index is -0.655. The number of hydrogen-bond acceptors (Lipinski definition) is 8. The van der Waals surface area contributed by atoms with Gasteiger partial charge < -0.3 is 34.0 Å². The van der Waals surface area contributed by atoms with Crippen LogP contribution in [0.15, 0.2) is 85.2 Å². The maximum absolute atomic E-state index is 14.6. The second kappa shape index (κ2) is 14.7. The Morgan fingerprint density at radius 3 is 2.35 bits per heavy atom. The number of aliphatic hydroxyl groups is 1. The number of morpholine rings is 1. The minimum absolute atomic E-state index is 0.141. The third-order valence-corrected chi connectivity index (χ3v) is 8.70. The van der Waals surface area contributed by atoms with Gasteiger partial charge in [0, 0.05) is 49.7 Å². The highest BCUT2D eigenvalue weighted by molar-refractivity contribution is 5.99. The van der Waals surface area contributed by atoms with Crippen LogP contribution >= 0.6 is 0 Å². The van der Waals surface area contributed by atoms with E-state index in [0.29, 0.717) is 36.9 Å². The number of carbonyl (C=O) groups excluding carboxylic acids is 2. The van der Waals surface area contributed by atoms with Crippen LogP contribution in [0.2, 0.25) is 0 Å². The van der Waals surface area contributed by atoms with Crippen LogP contribution in [-0.4, -0.2) is 101 Å². The fraction of sp³-hybridized carbons (Fsp3) is 0.395. The number of carbonyl (C=O) groups is 2. The van der Waals surface area contributed by atoms with Crippen LogP contribution in [-0.2, 0) is 9.47 Å². The Morgan fingerprint density at radius 2 is 1.65 bits per heavy atom. The van der Waals surface area contributed by atoms with E-state index >= 15 is 0 Å². The highest BCUT2D eigenvalue weighted by Crippen LogP contribution is 2.31. The number of rotatable bonds is 8. The normalized spacial score (nSPS) is 17.5. The zero-order chi connectivity index (χ0) is 34.5. The van der Waals surface area contributed by atoms with Crippen molar-refractivity contribution in [1.29, 1.82) is 0 Å². The number of benzene rings is 3. The largest absolute Gasteiger partial charge is 0.491 e. The molecule has 0 spiro atoms. The first kappa shape index (κ1) is 34.0. The molecular formula is C38H45N5O6. The minimum Gasteiger partial charge on any atom is -0.491 e. The number of nitrogens with zero attached hydrogens (tertiary/aromatic N) is 5. The summed E-state index contributed by atoms with van der Waals surface area (Å²) in [6.45, 7) is 11.2. The van der Waals surface area contributed by atoms with E-state index in [1.165, 1.54) is 0 Å². The number of aliphatic hydroxyl groups excluding tert-OH is 1. The zero-order valence-corrected chi connectivity index (χ0v) is 28.6. The molecule has 2 atom stereocenters. The Labute approximate surface area is 287 Å². The smallest absolute Gasteiger partial charge is 0.410 e. The first-order valence-corrected chi connectivity index (χ1v) is 16.8. The Morgan fingerprint density at radius 1 is 0.939 bits per heavy atom. The van der Waals surface area contributed by atoms with Crippen LogP contribution in [0.25, 0.3) is 16.9 Å². The standard InChI is InChI=1S/C38H45N5O6/c1-27(44)28-13-15-33(16-14-28)48-25-32-24-41(37(46)49-38(2,3)4)17-18-42(32)36(45)34-35(29-9-6-5-7-10-29)43(26-39-34)31-12-8-11-30(23-31)40-19-21-47-22-20-40/h5-16,23,26-27,32,44H,17-22,24-25H2,1-4H3/t27?,32-/m0/s1. The molecular weight excluding hydrogens is 622 g/mol. The van der Waals surface area contributed by atoms with Gasteiger partial charge in [0.2, 0.25) is 0 Å². The predicted molar refractivity (Wildman–Crippen MR) is 187 cm³/mol. The predicted octanol–water partition coefficient (Wildman–Crippen LogP) is 5.57. The highest BCUT2D eigenvalue weighted by Gasteiger charge is 2.37. The van der Waals surface area contributed by atoms with Crippen LogP contribution in [0, 0.1) is 0 Å². The molecule has 2 aliphatic heterocycles. The molecule has 2 fully saturated rings. The summed E-state index contributed by atoms with van der Waals surface area (Å²) >= 11 is 0. The maximum Gasteiger partial charge on any atom is 0.410 e. The molecule has 11 heteroatoms. The summed E-state index contributed by atoms with van der Waals surface area (Å²) in [6, 6.07) is 24.8. The van der Waals surface area contributed by atoms with Gasteiger partial charge in [0.25, 0.3) is 5.91 Å². The van der Waals surface area contributed by atoms with Crippen LogP contribution < -0.4 is 9.64 Å². The lowest BCUT2D eigenvalue weighted by Crippen LogP contribution is -2.59. The van der Waals surface area contributed by atoms with Crippen molar-refractivity contribution in [2.24, 2.45) is 0 Å².